The molecule has 0 spiro atoms. The van der Waals surface area contributed by atoms with Crippen molar-refractivity contribution in [2.24, 2.45) is 0 Å². The van der Waals surface area contributed by atoms with Crippen molar-refractivity contribution in [3.63, 3.8) is 0 Å². The minimum absolute atomic E-state index is 0.0223. The van der Waals surface area contributed by atoms with E-state index in [2.05, 4.69) is 0 Å². The lowest BCUT2D eigenvalue weighted by molar-refractivity contribution is -0.131. The fraction of sp³-hybridized carbons (Fsp3) is 0. The fourth-order valence-electron chi connectivity index (χ4n) is 3.63. The van der Waals surface area contributed by atoms with Crippen molar-refractivity contribution in [3.8, 4) is 22.3 Å². The first-order valence-electron chi connectivity index (χ1n) is 9.77. The number of carbonyl (C=O) groups is 2. The highest BCUT2D eigenvalue weighted by Crippen LogP contribution is 2.39. The van der Waals surface area contributed by atoms with Crippen LogP contribution in [0.15, 0.2) is 113 Å². The van der Waals surface area contributed by atoms with E-state index in [9.17, 15) is 23.1 Å². The second kappa shape index (κ2) is 8.61. The van der Waals surface area contributed by atoms with Gasteiger partial charge < -0.3 is 5.11 Å². The van der Waals surface area contributed by atoms with Gasteiger partial charge in [0, 0.05) is 5.56 Å². The molecule has 0 aliphatic carbocycles. The van der Waals surface area contributed by atoms with Gasteiger partial charge in [-0.15, -0.1) is 0 Å². The lowest BCUT2D eigenvalue weighted by Crippen LogP contribution is -2.19. The molecule has 0 unspecified atom stereocenters. The standard InChI is InChI=1S/C26H18O5S/c27-25(26(28)29)24-22(32(30,31)20-14-8-3-9-15-20)17-16-21(18-10-4-1-5-11-18)23(24)19-12-6-2-7-13-19/h1-17H,(H,28,29). The van der Waals surface area contributed by atoms with Crippen LogP contribution in [0.4, 0.5) is 0 Å². The second-order valence-electron chi connectivity index (χ2n) is 7.04. The average Bonchev–Trinajstić information content (AvgIpc) is 2.84. The van der Waals surface area contributed by atoms with E-state index in [1.165, 1.54) is 18.2 Å². The molecule has 0 heterocycles. The van der Waals surface area contributed by atoms with E-state index in [-0.39, 0.29) is 20.9 Å². The largest absolute Gasteiger partial charge is 0.475 e. The van der Waals surface area contributed by atoms with Gasteiger partial charge in [0.25, 0.3) is 5.78 Å². The van der Waals surface area contributed by atoms with Crippen LogP contribution in [0.25, 0.3) is 22.3 Å². The molecule has 0 amide bonds. The summed E-state index contributed by atoms with van der Waals surface area (Å²) in [6.45, 7) is 0. The summed E-state index contributed by atoms with van der Waals surface area (Å²) in [5.74, 6) is -3.01. The number of sulfone groups is 1. The van der Waals surface area contributed by atoms with E-state index in [4.69, 9.17) is 0 Å². The molecule has 158 valence electrons. The summed E-state index contributed by atoms with van der Waals surface area (Å²) in [4.78, 5) is 24.4. The van der Waals surface area contributed by atoms with Gasteiger partial charge in [0.1, 0.15) is 0 Å². The van der Waals surface area contributed by atoms with Gasteiger partial charge in [-0.2, -0.15) is 0 Å². The molecule has 32 heavy (non-hydrogen) atoms. The third-order valence-electron chi connectivity index (χ3n) is 5.08. The SMILES string of the molecule is O=C(O)C(=O)c1c(S(=O)(=O)c2ccccc2)ccc(-c2ccccc2)c1-c1ccccc1. The van der Waals surface area contributed by atoms with Gasteiger partial charge in [-0.1, -0.05) is 84.9 Å². The zero-order chi connectivity index (χ0) is 22.7. The Morgan fingerprint density at radius 2 is 1.12 bits per heavy atom. The molecule has 0 aliphatic rings. The Labute approximate surface area is 185 Å². The zero-order valence-corrected chi connectivity index (χ0v) is 17.6. The highest BCUT2D eigenvalue weighted by atomic mass is 32.2. The first-order chi connectivity index (χ1) is 15.4. The Kier molecular flexibility index (Phi) is 5.71. The molecule has 4 aromatic rings. The molecule has 0 atom stereocenters. The van der Waals surface area contributed by atoms with Gasteiger partial charge in [0.05, 0.1) is 15.4 Å². The highest BCUT2D eigenvalue weighted by Gasteiger charge is 2.32. The van der Waals surface area contributed by atoms with Gasteiger partial charge >= 0.3 is 5.97 Å². The van der Waals surface area contributed by atoms with Crippen LogP contribution in [-0.2, 0) is 14.6 Å². The maximum Gasteiger partial charge on any atom is 0.377 e. The summed E-state index contributed by atoms with van der Waals surface area (Å²) in [5, 5.41) is 9.58. The molecule has 0 bridgehead atoms. The number of hydrogen-bond acceptors (Lipinski definition) is 4. The van der Waals surface area contributed by atoms with Crippen LogP contribution in [0, 0.1) is 0 Å². The van der Waals surface area contributed by atoms with Crippen LogP contribution in [0.2, 0.25) is 0 Å². The second-order valence-corrected chi connectivity index (χ2v) is 8.96. The van der Waals surface area contributed by atoms with Crippen LogP contribution >= 0.6 is 0 Å². The van der Waals surface area contributed by atoms with Crippen LogP contribution in [0.5, 0.6) is 0 Å². The van der Waals surface area contributed by atoms with Gasteiger partial charge in [-0.3, -0.25) is 4.79 Å². The molecule has 1 N–H and O–H groups in total. The van der Waals surface area contributed by atoms with Crippen molar-refractivity contribution < 1.29 is 23.1 Å². The minimum atomic E-state index is -4.16. The zero-order valence-electron chi connectivity index (χ0n) is 16.8. The van der Waals surface area contributed by atoms with Crippen molar-refractivity contribution in [1.82, 2.24) is 0 Å². The number of benzene rings is 4. The summed E-state index contributed by atoms with van der Waals surface area (Å²) in [6.07, 6.45) is 0. The molecule has 0 aliphatic heterocycles. The lowest BCUT2D eigenvalue weighted by Gasteiger charge is -2.18. The van der Waals surface area contributed by atoms with E-state index in [1.807, 2.05) is 30.3 Å². The number of aliphatic carboxylic acids is 1. The van der Waals surface area contributed by atoms with Crippen molar-refractivity contribution in [2.45, 2.75) is 9.79 Å². The average molecular weight is 442 g/mol. The fourth-order valence-corrected chi connectivity index (χ4v) is 5.11. The molecule has 4 rings (SSSR count). The number of carboxylic acid groups (broad SMARTS) is 1. The maximum absolute atomic E-state index is 13.5. The highest BCUT2D eigenvalue weighted by molar-refractivity contribution is 7.91. The predicted molar refractivity (Wildman–Crippen MR) is 121 cm³/mol. The van der Waals surface area contributed by atoms with E-state index in [0.29, 0.717) is 11.1 Å². The smallest absolute Gasteiger partial charge is 0.377 e. The predicted octanol–water partition coefficient (Wildman–Crippen LogP) is 5.12. The Hall–Kier alpha value is -4.03. The van der Waals surface area contributed by atoms with E-state index < -0.39 is 21.6 Å². The Bertz CT molecular complexity index is 1400. The quantitative estimate of drug-likeness (QED) is 0.331. The van der Waals surface area contributed by atoms with Crippen LogP contribution in [-0.4, -0.2) is 25.3 Å². The number of rotatable bonds is 6. The number of Topliss-reactive ketones (excluding diaryl/α,β-unsaturated/α-hetero) is 1. The molecule has 6 heteroatoms. The van der Waals surface area contributed by atoms with Crippen LogP contribution < -0.4 is 0 Å². The summed E-state index contributed by atoms with van der Waals surface area (Å²) < 4.78 is 26.9. The van der Waals surface area contributed by atoms with Crippen molar-refractivity contribution in [3.05, 3.63) is 109 Å². The summed E-state index contributed by atoms with van der Waals surface area (Å²) in [7, 11) is -4.16. The van der Waals surface area contributed by atoms with Crippen molar-refractivity contribution >= 4 is 21.6 Å². The molecular formula is C26H18O5S. The Morgan fingerprint density at radius 1 is 0.625 bits per heavy atom. The van der Waals surface area contributed by atoms with E-state index in [1.54, 1.807) is 54.6 Å². The van der Waals surface area contributed by atoms with E-state index in [0.717, 1.165) is 5.56 Å². The van der Waals surface area contributed by atoms with Gasteiger partial charge in [0.15, 0.2) is 0 Å². The number of carbonyl (C=O) groups excluding carboxylic acids is 1. The monoisotopic (exact) mass is 442 g/mol. The summed E-state index contributed by atoms with van der Waals surface area (Å²) in [6, 6.07) is 28.4. The third kappa shape index (κ3) is 3.84. The molecule has 0 aromatic heterocycles. The first kappa shape index (κ1) is 21.2. The molecular weight excluding hydrogens is 424 g/mol. The number of hydrogen-bond donors (Lipinski definition) is 1. The minimum Gasteiger partial charge on any atom is -0.475 e. The lowest BCUT2D eigenvalue weighted by atomic mass is 9.89. The third-order valence-corrected chi connectivity index (χ3v) is 6.89. The maximum atomic E-state index is 13.5. The Balaban J connectivity index is 2.14. The van der Waals surface area contributed by atoms with Crippen molar-refractivity contribution in [1.29, 1.82) is 0 Å². The topological polar surface area (TPSA) is 88.5 Å². The molecule has 0 saturated heterocycles. The number of carboxylic acids is 1. The van der Waals surface area contributed by atoms with E-state index >= 15 is 0 Å². The van der Waals surface area contributed by atoms with Gasteiger partial charge in [-0.05, 0) is 34.9 Å². The van der Waals surface area contributed by atoms with Gasteiger partial charge in [0.2, 0.25) is 9.84 Å². The molecule has 0 fully saturated rings. The number of ketones is 1. The Morgan fingerprint density at radius 3 is 1.66 bits per heavy atom. The molecule has 5 nitrogen and oxygen atoms in total. The van der Waals surface area contributed by atoms with Crippen molar-refractivity contribution in [2.75, 3.05) is 0 Å². The van der Waals surface area contributed by atoms with Gasteiger partial charge in [-0.25, -0.2) is 13.2 Å². The summed E-state index contributed by atoms with van der Waals surface area (Å²) in [5.41, 5.74) is 1.75. The molecule has 4 aromatic carbocycles. The summed E-state index contributed by atoms with van der Waals surface area (Å²) >= 11 is 0. The molecule has 0 saturated carbocycles. The molecule has 0 radical (unpaired) electrons. The van der Waals surface area contributed by atoms with Crippen LogP contribution in [0.1, 0.15) is 10.4 Å². The van der Waals surface area contributed by atoms with Crippen LogP contribution in [0.3, 0.4) is 0 Å². The first-order valence-corrected chi connectivity index (χ1v) is 11.2. The normalized spacial score (nSPS) is 11.1.